The predicted molar refractivity (Wildman–Crippen MR) is 76.0 cm³/mol. The van der Waals surface area contributed by atoms with Gasteiger partial charge < -0.3 is 9.84 Å². The molecule has 0 aliphatic heterocycles. The number of carboxylic acids is 1. The summed E-state index contributed by atoms with van der Waals surface area (Å²) in [6.45, 7) is 2.12. The van der Waals surface area contributed by atoms with Crippen molar-refractivity contribution in [3.63, 3.8) is 0 Å². The molecule has 0 saturated heterocycles. The van der Waals surface area contributed by atoms with Crippen LogP contribution >= 0.6 is 11.6 Å². The molecule has 21 heavy (non-hydrogen) atoms. The van der Waals surface area contributed by atoms with Gasteiger partial charge in [0.05, 0.1) is 24.1 Å². The Bertz CT molecular complexity index is 644. The van der Waals surface area contributed by atoms with Crippen molar-refractivity contribution in [1.82, 2.24) is 20.2 Å². The molecular weight excluding hydrogens is 296 g/mol. The Morgan fingerprint density at radius 2 is 2.29 bits per heavy atom. The van der Waals surface area contributed by atoms with Crippen LogP contribution in [0.4, 0.5) is 0 Å². The number of hydrogen-bond acceptors (Lipinski definition) is 5. The van der Waals surface area contributed by atoms with Crippen molar-refractivity contribution in [2.24, 2.45) is 0 Å². The Hall–Kier alpha value is -1.99. The smallest absolute Gasteiger partial charge is 0.306 e. The third-order valence-electron chi connectivity index (χ3n) is 3.08. The van der Waals surface area contributed by atoms with E-state index in [2.05, 4.69) is 15.5 Å². The molecule has 0 radical (unpaired) electrons. The fourth-order valence-electron chi connectivity index (χ4n) is 1.95. The first-order chi connectivity index (χ1) is 10.0. The molecule has 0 fully saturated rings. The number of nitrogens with zero attached hydrogens (tertiary/aromatic N) is 4. The molecule has 0 aliphatic rings. The lowest BCUT2D eigenvalue weighted by Gasteiger charge is -2.14. The van der Waals surface area contributed by atoms with Crippen LogP contribution in [0.1, 0.15) is 12.0 Å². The number of rotatable bonds is 6. The number of halogens is 1. The minimum atomic E-state index is -0.940. The van der Waals surface area contributed by atoms with Crippen molar-refractivity contribution in [3.05, 3.63) is 28.8 Å². The van der Waals surface area contributed by atoms with Crippen molar-refractivity contribution >= 4 is 17.6 Å². The molecule has 1 atom stereocenters. The van der Waals surface area contributed by atoms with Crippen LogP contribution in [0.3, 0.4) is 0 Å². The molecule has 2 aromatic rings. The Kier molecular flexibility index (Phi) is 4.87. The van der Waals surface area contributed by atoms with Gasteiger partial charge in [0.15, 0.2) is 5.82 Å². The number of aryl methyl sites for hydroxylation is 1. The average molecular weight is 311 g/mol. The van der Waals surface area contributed by atoms with Gasteiger partial charge in [-0.25, -0.2) is 4.68 Å². The zero-order valence-corrected chi connectivity index (χ0v) is 12.4. The Morgan fingerprint density at radius 3 is 2.95 bits per heavy atom. The minimum absolute atomic E-state index is 0.128. The second-order valence-corrected chi connectivity index (χ2v) is 4.95. The van der Waals surface area contributed by atoms with E-state index in [0.29, 0.717) is 16.4 Å². The van der Waals surface area contributed by atoms with Crippen LogP contribution in [-0.4, -0.2) is 44.5 Å². The maximum Gasteiger partial charge on any atom is 0.306 e. The van der Waals surface area contributed by atoms with Crippen molar-refractivity contribution in [2.45, 2.75) is 26.0 Å². The van der Waals surface area contributed by atoms with Crippen LogP contribution in [0, 0.1) is 6.92 Å². The molecule has 0 bridgehead atoms. The maximum absolute atomic E-state index is 10.8. The molecule has 7 nitrogen and oxygen atoms in total. The Morgan fingerprint density at radius 1 is 1.52 bits per heavy atom. The molecule has 0 aliphatic carbocycles. The van der Waals surface area contributed by atoms with E-state index in [1.165, 1.54) is 11.8 Å². The van der Waals surface area contributed by atoms with Gasteiger partial charge in [-0.1, -0.05) is 23.7 Å². The van der Waals surface area contributed by atoms with Crippen molar-refractivity contribution < 1.29 is 14.6 Å². The minimum Gasteiger partial charge on any atom is -0.481 e. The molecule has 112 valence electrons. The number of benzene rings is 1. The summed E-state index contributed by atoms with van der Waals surface area (Å²) < 4.78 is 6.65. The fraction of sp³-hybridized carbons (Fsp3) is 0.385. The zero-order valence-electron chi connectivity index (χ0n) is 11.7. The number of carbonyl (C=O) groups is 1. The van der Waals surface area contributed by atoms with Gasteiger partial charge in [0, 0.05) is 12.7 Å². The highest BCUT2D eigenvalue weighted by atomic mass is 35.5. The number of aliphatic carboxylic acids is 1. The van der Waals surface area contributed by atoms with E-state index in [-0.39, 0.29) is 13.0 Å². The van der Waals surface area contributed by atoms with Crippen LogP contribution in [0.15, 0.2) is 18.2 Å². The summed E-state index contributed by atoms with van der Waals surface area (Å²) in [4.78, 5) is 10.8. The Balaban J connectivity index is 2.30. The summed E-state index contributed by atoms with van der Waals surface area (Å²) in [6, 6.07) is 5.57. The van der Waals surface area contributed by atoms with Crippen LogP contribution < -0.4 is 0 Å². The largest absolute Gasteiger partial charge is 0.481 e. The third kappa shape index (κ3) is 3.56. The maximum atomic E-state index is 10.8. The number of aromatic nitrogens is 4. The lowest BCUT2D eigenvalue weighted by molar-refractivity contribution is -0.139. The number of ether oxygens (including phenoxy) is 1. The van der Waals surface area contributed by atoms with Gasteiger partial charge in [0.2, 0.25) is 0 Å². The monoisotopic (exact) mass is 310 g/mol. The number of hydrogen-bond donors (Lipinski definition) is 1. The predicted octanol–water partition coefficient (Wildman–Crippen LogP) is 1.79. The van der Waals surface area contributed by atoms with Crippen LogP contribution in [-0.2, 0) is 16.1 Å². The fourth-order valence-corrected chi connectivity index (χ4v) is 2.16. The Labute approximate surface area is 126 Å². The first-order valence-corrected chi connectivity index (χ1v) is 6.67. The molecule has 2 rings (SSSR count). The first-order valence-electron chi connectivity index (χ1n) is 6.29. The van der Waals surface area contributed by atoms with Crippen molar-refractivity contribution in [2.75, 3.05) is 7.11 Å². The molecular formula is C13H15ClN4O3. The molecule has 0 spiro atoms. The lowest BCUT2D eigenvalue weighted by Crippen LogP contribution is -2.23. The second-order valence-electron chi connectivity index (χ2n) is 4.58. The first kappa shape index (κ1) is 15.4. The average Bonchev–Trinajstić information content (AvgIpc) is 2.88. The van der Waals surface area contributed by atoms with Gasteiger partial charge in [0.1, 0.15) is 0 Å². The normalized spacial score (nSPS) is 12.3. The van der Waals surface area contributed by atoms with Gasteiger partial charge in [-0.3, -0.25) is 4.79 Å². The van der Waals surface area contributed by atoms with E-state index in [9.17, 15) is 4.79 Å². The van der Waals surface area contributed by atoms with Crippen molar-refractivity contribution in [3.8, 4) is 11.4 Å². The van der Waals surface area contributed by atoms with E-state index in [0.717, 1.165) is 5.56 Å². The standard InChI is InChI=1S/C13H15ClN4O3/c1-8-4-3-5-10(12(8)14)13-15-16-17-18(13)7-9(21-2)6-11(19)20/h3-5,9H,6-7H2,1-2H3,(H,19,20). The SMILES string of the molecule is COC(CC(=O)O)Cn1nnnc1-c1cccc(C)c1Cl. The third-order valence-corrected chi connectivity index (χ3v) is 3.58. The number of methoxy groups -OCH3 is 1. The van der Waals surface area contributed by atoms with E-state index in [1.807, 2.05) is 25.1 Å². The molecule has 1 aromatic carbocycles. The highest BCUT2D eigenvalue weighted by molar-refractivity contribution is 6.33. The number of carboxylic acid groups (broad SMARTS) is 1. The van der Waals surface area contributed by atoms with Crippen LogP contribution in [0.2, 0.25) is 5.02 Å². The topological polar surface area (TPSA) is 90.1 Å². The second kappa shape index (κ2) is 6.64. The van der Waals surface area contributed by atoms with Gasteiger partial charge in [-0.2, -0.15) is 0 Å². The molecule has 0 saturated carbocycles. The number of tetrazole rings is 1. The summed E-state index contributed by atoms with van der Waals surface area (Å²) in [5, 5.41) is 20.9. The molecule has 1 unspecified atom stereocenters. The van der Waals surface area contributed by atoms with Gasteiger partial charge in [-0.15, -0.1) is 5.10 Å². The summed E-state index contributed by atoms with van der Waals surface area (Å²) >= 11 is 6.28. The summed E-state index contributed by atoms with van der Waals surface area (Å²) in [6.07, 6.45) is -0.648. The zero-order chi connectivity index (χ0) is 15.4. The lowest BCUT2D eigenvalue weighted by atomic mass is 10.1. The summed E-state index contributed by atoms with van der Waals surface area (Å²) in [5.74, 6) is -0.457. The molecule has 1 N–H and O–H groups in total. The van der Waals surface area contributed by atoms with E-state index in [4.69, 9.17) is 21.4 Å². The van der Waals surface area contributed by atoms with Crippen molar-refractivity contribution in [1.29, 1.82) is 0 Å². The van der Waals surface area contributed by atoms with Crippen LogP contribution in [0.25, 0.3) is 11.4 Å². The van der Waals surface area contributed by atoms with E-state index >= 15 is 0 Å². The molecule has 1 aromatic heterocycles. The quantitative estimate of drug-likeness (QED) is 0.875. The highest BCUT2D eigenvalue weighted by Gasteiger charge is 2.19. The van der Waals surface area contributed by atoms with Crippen LogP contribution in [0.5, 0.6) is 0 Å². The molecule has 1 heterocycles. The van der Waals surface area contributed by atoms with Gasteiger partial charge >= 0.3 is 5.97 Å². The van der Waals surface area contributed by atoms with Gasteiger partial charge in [0.25, 0.3) is 0 Å². The summed E-state index contributed by atoms with van der Waals surface area (Å²) in [7, 11) is 1.46. The van der Waals surface area contributed by atoms with Gasteiger partial charge in [-0.05, 0) is 29.0 Å². The molecule has 8 heteroatoms. The highest BCUT2D eigenvalue weighted by Crippen LogP contribution is 2.28. The molecule has 0 amide bonds. The van der Waals surface area contributed by atoms with E-state index in [1.54, 1.807) is 0 Å². The van der Waals surface area contributed by atoms with E-state index < -0.39 is 12.1 Å². The summed E-state index contributed by atoms with van der Waals surface area (Å²) in [5.41, 5.74) is 1.62.